The van der Waals surface area contributed by atoms with Crippen LogP contribution in [0.15, 0.2) is 84.0 Å². The van der Waals surface area contributed by atoms with Crippen molar-refractivity contribution in [2.24, 2.45) is 0 Å². The predicted molar refractivity (Wildman–Crippen MR) is 129 cm³/mol. The number of carbonyl (C=O) groups excluding carboxylic acids is 1. The average Bonchev–Trinajstić information content (AvgIpc) is 3.26. The molecule has 1 aromatic heterocycles. The summed E-state index contributed by atoms with van der Waals surface area (Å²) in [6, 6.07) is 25.5. The van der Waals surface area contributed by atoms with Gasteiger partial charge in [0.05, 0.1) is 12.9 Å². The Kier molecular flexibility index (Phi) is 6.87. The van der Waals surface area contributed by atoms with Crippen LogP contribution in [-0.2, 0) is 11.3 Å². The van der Waals surface area contributed by atoms with Crippen molar-refractivity contribution in [2.75, 3.05) is 18.2 Å². The van der Waals surface area contributed by atoms with Gasteiger partial charge in [0.15, 0.2) is 11.0 Å². The van der Waals surface area contributed by atoms with E-state index in [1.807, 2.05) is 90.4 Å². The molecule has 0 bridgehead atoms. The van der Waals surface area contributed by atoms with E-state index in [2.05, 4.69) is 15.5 Å². The normalized spacial score (nSPS) is 10.7. The maximum Gasteiger partial charge on any atom is 0.234 e. The van der Waals surface area contributed by atoms with E-state index in [1.54, 1.807) is 7.11 Å². The van der Waals surface area contributed by atoms with Gasteiger partial charge in [-0.1, -0.05) is 72.4 Å². The fraction of sp³-hybridized carbons (Fsp3) is 0.160. The standard InChI is InChI=1S/C25H24N4O2S/c1-3-29-24(19-12-9-13-20(16-19)31-2)27-28-25(29)32-17-23(30)26-22-15-8-7-14-21(22)18-10-5-4-6-11-18/h4-16H,3,17H2,1-2H3,(H,26,30). The number of amides is 1. The summed E-state index contributed by atoms with van der Waals surface area (Å²) in [6.07, 6.45) is 0. The second-order valence-electron chi connectivity index (χ2n) is 7.03. The summed E-state index contributed by atoms with van der Waals surface area (Å²) in [5, 5.41) is 12.4. The molecule has 0 saturated carbocycles. The molecule has 0 aliphatic rings. The van der Waals surface area contributed by atoms with Crippen LogP contribution in [0.2, 0.25) is 0 Å². The molecule has 4 aromatic rings. The Morgan fingerprint density at radius 2 is 1.72 bits per heavy atom. The van der Waals surface area contributed by atoms with Crippen LogP contribution < -0.4 is 10.1 Å². The van der Waals surface area contributed by atoms with Crippen LogP contribution in [0, 0.1) is 0 Å². The van der Waals surface area contributed by atoms with Crippen LogP contribution in [0.3, 0.4) is 0 Å². The molecular formula is C25H24N4O2S. The largest absolute Gasteiger partial charge is 0.497 e. The van der Waals surface area contributed by atoms with Crippen molar-refractivity contribution in [1.82, 2.24) is 14.8 Å². The van der Waals surface area contributed by atoms with Crippen molar-refractivity contribution in [3.63, 3.8) is 0 Å². The van der Waals surface area contributed by atoms with E-state index in [9.17, 15) is 4.79 Å². The minimum Gasteiger partial charge on any atom is -0.497 e. The predicted octanol–water partition coefficient (Wildman–Crippen LogP) is 5.37. The van der Waals surface area contributed by atoms with Crippen LogP contribution in [0.4, 0.5) is 5.69 Å². The number of anilines is 1. The van der Waals surface area contributed by atoms with Crippen molar-refractivity contribution in [3.8, 4) is 28.3 Å². The Balaban J connectivity index is 1.47. The Morgan fingerprint density at radius 1 is 0.969 bits per heavy atom. The number of aromatic nitrogens is 3. The van der Waals surface area contributed by atoms with Gasteiger partial charge in [-0.25, -0.2) is 0 Å². The number of para-hydroxylation sites is 1. The van der Waals surface area contributed by atoms with E-state index < -0.39 is 0 Å². The van der Waals surface area contributed by atoms with Gasteiger partial charge in [0.2, 0.25) is 5.91 Å². The van der Waals surface area contributed by atoms with Crippen LogP contribution in [0.5, 0.6) is 5.75 Å². The number of carbonyl (C=O) groups is 1. The molecule has 32 heavy (non-hydrogen) atoms. The third-order valence-corrected chi connectivity index (χ3v) is 5.95. The quantitative estimate of drug-likeness (QED) is 0.370. The summed E-state index contributed by atoms with van der Waals surface area (Å²) in [5.41, 5.74) is 3.76. The molecule has 1 N–H and O–H groups in total. The van der Waals surface area contributed by atoms with Crippen LogP contribution in [0.1, 0.15) is 6.92 Å². The smallest absolute Gasteiger partial charge is 0.234 e. The maximum absolute atomic E-state index is 12.7. The summed E-state index contributed by atoms with van der Waals surface area (Å²) in [5.74, 6) is 1.66. The number of hydrogen-bond donors (Lipinski definition) is 1. The number of benzene rings is 3. The lowest BCUT2D eigenvalue weighted by atomic mass is 10.0. The Morgan fingerprint density at radius 3 is 2.50 bits per heavy atom. The van der Waals surface area contributed by atoms with E-state index in [0.717, 1.165) is 34.0 Å². The van der Waals surface area contributed by atoms with E-state index in [0.29, 0.717) is 11.7 Å². The maximum atomic E-state index is 12.7. The lowest BCUT2D eigenvalue weighted by Gasteiger charge is -2.11. The van der Waals surface area contributed by atoms with Crippen LogP contribution in [0.25, 0.3) is 22.5 Å². The van der Waals surface area contributed by atoms with Gasteiger partial charge in [-0.15, -0.1) is 10.2 Å². The second kappa shape index (κ2) is 10.2. The van der Waals surface area contributed by atoms with Gasteiger partial charge in [0.1, 0.15) is 5.75 Å². The van der Waals surface area contributed by atoms with Crippen molar-refractivity contribution in [3.05, 3.63) is 78.9 Å². The highest BCUT2D eigenvalue weighted by Crippen LogP contribution is 2.29. The molecule has 4 rings (SSSR count). The number of nitrogens with zero attached hydrogens (tertiary/aromatic N) is 3. The molecule has 0 atom stereocenters. The number of methoxy groups -OCH3 is 1. The highest BCUT2D eigenvalue weighted by molar-refractivity contribution is 7.99. The van der Waals surface area contributed by atoms with Crippen LogP contribution >= 0.6 is 11.8 Å². The molecule has 0 aliphatic carbocycles. The molecule has 0 spiro atoms. The highest BCUT2D eigenvalue weighted by Gasteiger charge is 2.16. The third-order valence-electron chi connectivity index (χ3n) is 4.98. The van der Waals surface area contributed by atoms with Gasteiger partial charge in [0.25, 0.3) is 0 Å². The fourth-order valence-corrected chi connectivity index (χ4v) is 4.24. The number of hydrogen-bond acceptors (Lipinski definition) is 5. The second-order valence-corrected chi connectivity index (χ2v) is 7.97. The van der Waals surface area contributed by atoms with Crippen LogP contribution in [-0.4, -0.2) is 33.5 Å². The molecule has 3 aromatic carbocycles. The zero-order valence-electron chi connectivity index (χ0n) is 18.0. The number of thioether (sulfide) groups is 1. The lowest BCUT2D eigenvalue weighted by molar-refractivity contribution is -0.113. The van der Waals surface area contributed by atoms with Gasteiger partial charge in [-0.05, 0) is 30.7 Å². The Bertz CT molecular complexity index is 1210. The lowest BCUT2D eigenvalue weighted by Crippen LogP contribution is -2.15. The first kappa shape index (κ1) is 21.6. The number of rotatable bonds is 8. The molecule has 0 saturated heterocycles. The summed E-state index contributed by atoms with van der Waals surface area (Å²) < 4.78 is 7.32. The van der Waals surface area contributed by atoms with Crippen molar-refractivity contribution >= 4 is 23.4 Å². The molecule has 7 heteroatoms. The first-order valence-corrected chi connectivity index (χ1v) is 11.3. The molecule has 6 nitrogen and oxygen atoms in total. The van der Waals surface area contributed by atoms with E-state index in [-0.39, 0.29) is 11.7 Å². The van der Waals surface area contributed by atoms with Crippen molar-refractivity contribution in [2.45, 2.75) is 18.6 Å². The molecule has 162 valence electrons. The summed E-state index contributed by atoms with van der Waals surface area (Å²) in [7, 11) is 1.64. The molecule has 1 heterocycles. The Hall–Kier alpha value is -3.58. The zero-order valence-corrected chi connectivity index (χ0v) is 18.8. The number of ether oxygens (including phenoxy) is 1. The van der Waals surface area contributed by atoms with Crippen molar-refractivity contribution in [1.29, 1.82) is 0 Å². The van der Waals surface area contributed by atoms with Gasteiger partial charge in [0, 0.05) is 23.4 Å². The van der Waals surface area contributed by atoms with E-state index >= 15 is 0 Å². The number of nitrogens with one attached hydrogen (secondary N) is 1. The highest BCUT2D eigenvalue weighted by atomic mass is 32.2. The first-order valence-electron chi connectivity index (χ1n) is 10.3. The fourth-order valence-electron chi connectivity index (χ4n) is 3.43. The van der Waals surface area contributed by atoms with Gasteiger partial charge < -0.3 is 14.6 Å². The molecule has 1 amide bonds. The zero-order chi connectivity index (χ0) is 22.3. The van der Waals surface area contributed by atoms with Crippen molar-refractivity contribution < 1.29 is 9.53 Å². The summed E-state index contributed by atoms with van der Waals surface area (Å²) in [4.78, 5) is 12.7. The minimum absolute atomic E-state index is 0.0908. The Labute approximate surface area is 191 Å². The summed E-state index contributed by atoms with van der Waals surface area (Å²) in [6.45, 7) is 2.73. The van der Waals surface area contributed by atoms with Gasteiger partial charge in [-0.2, -0.15) is 0 Å². The molecule has 0 unspecified atom stereocenters. The van der Waals surface area contributed by atoms with Gasteiger partial charge in [-0.3, -0.25) is 4.79 Å². The third kappa shape index (κ3) is 4.84. The SMILES string of the molecule is CCn1c(SCC(=O)Nc2ccccc2-c2ccccc2)nnc1-c1cccc(OC)c1. The van der Waals surface area contributed by atoms with E-state index in [4.69, 9.17) is 4.74 Å². The minimum atomic E-state index is -0.0908. The van der Waals surface area contributed by atoms with Gasteiger partial charge >= 0.3 is 0 Å². The molecular weight excluding hydrogens is 420 g/mol. The molecule has 0 aliphatic heterocycles. The monoisotopic (exact) mass is 444 g/mol. The molecule has 0 fully saturated rings. The molecule has 0 radical (unpaired) electrons. The first-order chi connectivity index (χ1) is 15.7. The summed E-state index contributed by atoms with van der Waals surface area (Å²) >= 11 is 1.37. The average molecular weight is 445 g/mol. The van der Waals surface area contributed by atoms with E-state index in [1.165, 1.54) is 11.8 Å². The topological polar surface area (TPSA) is 69.0 Å².